The third-order valence-electron chi connectivity index (χ3n) is 3.74. The summed E-state index contributed by atoms with van der Waals surface area (Å²) < 4.78 is 41.2. The van der Waals surface area contributed by atoms with Crippen LogP contribution in [0.2, 0.25) is 0 Å². The van der Waals surface area contributed by atoms with Crippen LogP contribution in [0, 0.1) is 0 Å². The number of carbonyl (C=O) groups excluding carboxylic acids is 1. The van der Waals surface area contributed by atoms with Gasteiger partial charge in [-0.3, -0.25) is 9.78 Å². The molecule has 130 valence electrons. The van der Waals surface area contributed by atoms with Gasteiger partial charge >= 0.3 is 6.18 Å². The Balaban J connectivity index is 2.04. The Morgan fingerprint density at radius 1 is 1.16 bits per heavy atom. The molecule has 0 aliphatic carbocycles. The molecule has 0 saturated heterocycles. The zero-order valence-electron chi connectivity index (χ0n) is 12.5. The summed E-state index contributed by atoms with van der Waals surface area (Å²) >= 11 is 3.23. The molecule has 0 radical (unpaired) electrons. The number of hydrazone groups is 1. The second-order valence-corrected chi connectivity index (χ2v) is 6.31. The average Bonchev–Trinajstić information content (AvgIpc) is 2.94. The van der Waals surface area contributed by atoms with Gasteiger partial charge in [-0.25, -0.2) is 0 Å². The number of benzene rings is 1. The summed E-state index contributed by atoms with van der Waals surface area (Å²) in [6, 6.07) is 8.90. The summed E-state index contributed by atoms with van der Waals surface area (Å²) in [7, 11) is 0. The summed E-state index contributed by atoms with van der Waals surface area (Å²) in [4.78, 5) is 16.2. The maximum Gasteiger partial charge on any atom is 0.438 e. The second-order valence-electron chi connectivity index (χ2n) is 5.40. The molecular formula is C16H11BrF3N3O2. The van der Waals surface area contributed by atoms with Gasteiger partial charge in [-0.2, -0.15) is 23.3 Å². The molecule has 1 aromatic heterocycles. The van der Waals surface area contributed by atoms with Crippen LogP contribution in [0.1, 0.15) is 22.3 Å². The number of aromatic nitrogens is 1. The van der Waals surface area contributed by atoms with Gasteiger partial charge in [0.25, 0.3) is 11.6 Å². The summed E-state index contributed by atoms with van der Waals surface area (Å²) in [6.45, 7) is 0. The molecule has 2 aromatic rings. The molecule has 2 heterocycles. The number of carbonyl (C=O) groups is 1. The van der Waals surface area contributed by atoms with Crippen LogP contribution >= 0.6 is 15.9 Å². The number of alkyl halides is 3. The first-order valence-corrected chi connectivity index (χ1v) is 7.89. The van der Waals surface area contributed by atoms with Gasteiger partial charge in [0, 0.05) is 22.4 Å². The Kier molecular flexibility index (Phi) is 4.38. The third kappa shape index (κ3) is 3.16. The van der Waals surface area contributed by atoms with Crippen molar-refractivity contribution in [3.05, 3.63) is 64.4 Å². The number of hydrogen-bond donors (Lipinski definition) is 1. The van der Waals surface area contributed by atoms with Crippen LogP contribution < -0.4 is 0 Å². The van der Waals surface area contributed by atoms with E-state index in [0.717, 1.165) is 4.47 Å². The fraction of sp³-hybridized carbons (Fsp3) is 0.188. The van der Waals surface area contributed by atoms with E-state index in [9.17, 15) is 23.1 Å². The fourth-order valence-corrected chi connectivity index (χ4v) is 2.66. The van der Waals surface area contributed by atoms with E-state index in [1.165, 1.54) is 24.5 Å². The average molecular weight is 414 g/mol. The van der Waals surface area contributed by atoms with E-state index in [-0.39, 0.29) is 16.3 Å². The highest BCUT2D eigenvalue weighted by Gasteiger charge is 2.63. The number of halogens is 4. The number of nitrogens with zero attached hydrogens (tertiary/aromatic N) is 3. The molecule has 0 saturated carbocycles. The molecule has 1 unspecified atom stereocenters. The van der Waals surface area contributed by atoms with Gasteiger partial charge in [-0.1, -0.05) is 28.1 Å². The van der Waals surface area contributed by atoms with Gasteiger partial charge in [0.2, 0.25) is 0 Å². The lowest BCUT2D eigenvalue weighted by atomic mass is 10.0. The second kappa shape index (κ2) is 6.23. The normalized spacial score (nSPS) is 20.5. The van der Waals surface area contributed by atoms with Crippen molar-refractivity contribution in [2.45, 2.75) is 18.3 Å². The number of hydrogen-bond acceptors (Lipinski definition) is 4. The number of pyridine rings is 1. The maximum absolute atomic E-state index is 13.5. The molecule has 1 amide bonds. The minimum atomic E-state index is -5.07. The van der Waals surface area contributed by atoms with Crippen molar-refractivity contribution in [1.29, 1.82) is 0 Å². The van der Waals surface area contributed by atoms with Crippen LogP contribution in [-0.2, 0) is 0 Å². The highest BCUT2D eigenvalue weighted by molar-refractivity contribution is 9.10. The minimum Gasteiger partial charge on any atom is -0.362 e. The topological polar surface area (TPSA) is 65.8 Å². The van der Waals surface area contributed by atoms with Crippen molar-refractivity contribution in [3.63, 3.8) is 0 Å². The van der Waals surface area contributed by atoms with Crippen molar-refractivity contribution in [2.24, 2.45) is 5.10 Å². The van der Waals surface area contributed by atoms with Crippen molar-refractivity contribution >= 4 is 27.5 Å². The predicted octanol–water partition coefficient (Wildman–Crippen LogP) is 3.35. The highest BCUT2D eigenvalue weighted by Crippen LogP contribution is 2.42. The van der Waals surface area contributed by atoms with Crippen molar-refractivity contribution in [2.75, 3.05) is 0 Å². The molecule has 25 heavy (non-hydrogen) atoms. The highest BCUT2D eigenvalue weighted by atomic mass is 79.9. The Hall–Kier alpha value is -2.26. The summed E-state index contributed by atoms with van der Waals surface area (Å²) in [6.07, 6.45) is -3.38. The van der Waals surface area contributed by atoms with E-state index in [0.29, 0.717) is 5.56 Å². The van der Waals surface area contributed by atoms with Crippen molar-refractivity contribution in [3.8, 4) is 0 Å². The Morgan fingerprint density at radius 3 is 2.32 bits per heavy atom. The number of aliphatic hydroxyl groups is 1. The van der Waals surface area contributed by atoms with Crippen LogP contribution in [0.15, 0.2) is 58.4 Å². The van der Waals surface area contributed by atoms with Crippen LogP contribution in [0.4, 0.5) is 13.2 Å². The van der Waals surface area contributed by atoms with E-state index >= 15 is 0 Å². The van der Waals surface area contributed by atoms with Crippen molar-refractivity contribution in [1.82, 2.24) is 9.99 Å². The monoisotopic (exact) mass is 413 g/mol. The fourth-order valence-electron chi connectivity index (χ4n) is 2.40. The minimum absolute atomic E-state index is 0.0327. The lowest BCUT2D eigenvalue weighted by molar-refractivity contribution is -0.297. The molecule has 5 nitrogen and oxygen atoms in total. The molecule has 1 aliphatic heterocycles. The Morgan fingerprint density at radius 2 is 1.76 bits per heavy atom. The number of rotatable bonds is 2. The molecule has 1 aromatic carbocycles. The van der Waals surface area contributed by atoms with Gasteiger partial charge in [-0.05, 0) is 29.8 Å². The quantitative estimate of drug-likeness (QED) is 0.820. The molecule has 3 rings (SSSR count). The first-order chi connectivity index (χ1) is 11.7. The standard InChI is InChI=1S/C16H11BrF3N3O2/c17-12-3-1-10(2-4-12)13-9-15(25,16(18,19)20)23(22-13)14(24)11-5-7-21-8-6-11/h1-8,25H,9H2. The van der Waals surface area contributed by atoms with Gasteiger partial charge < -0.3 is 5.11 Å². The van der Waals surface area contributed by atoms with Gasteiger partial charge in [-0.15, -0.1) is 0 Å². The molecule has 1 N–H and O–H groups in total. The van der Waals surface area contributed by atoms with Gasteiger partial charge in [0.05, 0.1) is 12.1 Å². The van der Waals surface area contributed by atoms with E-state index in [4.69, 9.17) is 0 Å². The maximum atomic E-state index is 13.5. The Labute approximate surface area is 148 Å². The molecular weight excluding hydrogens is 403 g/mol. The van der Waals surface area contributed by atoms with E-state index in [1.54, 1.807) is 24.3 Å². The number of amides is 1. The SMILES string of the molecule is O=C(c1ccncc1)N1N=C(c2ccc(Br)cc2)CC1(O)C(F)(F)F. The molecule has 0 fully saturated rings. The van der Waals surface area contributed by atoms with E-state index in [1.807, 2.05) is 0 Å². The van der Waals surface area contributed by atoms with Crippen LogP contribution in [0.25, 0.3) is 0 Å². The van der Waals surface area contributed by atoms with Gasteiger partial charge in [0.1, 0.15) is 0 Å². The van der Waals surface area contributed by atoms with Crippen molar-refractivity contribution < 1.29 is 23.1 Å². The summed E-state index contributed by atoms with van der Waals surface area (Å²) in [5.74, 6) is -1.06. The first kappa shape index (κ1) is 17.6. The molecule has 9 heteroatoms. The third-order valence-corrected chi connectivity index (χ3v) is 4.26. The van der Waals surface area contributed by atoms with Gasteiger partial charge in [0.15, 0.2) is 0 Å². The van der Waals surface area contributed by atoms with E-state index < -0.39 is 24.2 Å². The smallest absolute Gasteiger partial charge is 0.362 e. The molecule has 1 aliphatic rings. The van der Waals surface area contributed by atoms with E-state index in [2.05, 4.69) is 26.0 Å². The predicted molar refractivity (Wildman–Crippen MR) is 86.7 cm³/mol. The summed E-state index contributed by atoms with van der Waals surface area (Å²) in [5.41, 5.74) is -3.11. The zero-order valence-corrected chi connectivity index (χ0v) is 14.1. The zero-order chi connectivity index (χ0) is 18.2. The van der Waals surface area contributed by atoms with Crippen LogP contribution in [0.5, 0.6) is 0 Å². The lowest BCUT2D eigenvalue weighted by Crippen LogP contribution is -2.56. The molecule has 0 spiro atoms. The molecule has 0 bridgehead atoms. The molecule has 1 atom stereocenters. The lowest BCUT2D eigenvalue weighted by Gasteiger charge is -2.32. The first-order valence-electron chi connectivity index (χ1n) is 7.09. The van der Waals surface area contributed by atoms with Crippen LogP contribution in [-0.4, -0.2) is 38.6 Å². The summed E-state index contributed by atoms with van der Waals surface area (Å²) in [5, 5.41) is 14.1. The largest absolute Gasteiger partial charge is 0.438 e. The Bertz CT molecular complexity index is 825. The van der Waals surface area contributed by atoms with Crippen LogP contribution in [0.3, 0.4) is 0 Å².